The second kappa shape index (κ2) is 11.4. The van der Waals surface area contributed by atoms with Crippen LogP contribution in [-0.4, -0.2) is 0 Å². The summed E-state index contributed by atoms with van der Waals surface area (Å²) >= 11 is 3.81. The van der Waals surface area contributed by atoms with Crippen molar-refractivity contribution in [3.63, 3.8) is 0 Å². The maximum Gasteiger partial charge on any atom is 0.0434 e. The molecule has 0 spiro atoms. The molecule has 0 radical (unpaired) electrons. The lowest BCUT2D eigenvalue weighted by Crippen LogP contribution is -1.87. The molecule has 0 unspecified atom stereocenters. The monoisotopic (exact) mass is 766 g/mol. The fraction of sp³-hybridized carbons (Fsp3) is 0. The zero-order valence-electron chi connectivity index (χ0n) is 31.1. The van der Waals surface area contributed by atoms with Gasteiger partial charge in [0.25, 0.3) is 0 Å². The van der Waals surface area contributed by atoms with Gasteiger partial charge in [0.05, 0.1) is 0 Å². The molecule has 14 aromatic rings. The molecule has 14 rings (SSSR count). The van der Waals surface area contributed by atoms with Crippen molar-refractivity contribution in [2.75, 3.05) is 0 Å². The first-order chi connectivity index (χ1) is 28.7. The molecule has 58 heavy (non-hydrogen) atoms. The van der Waals surface area contributed by atoms with Crippen molar-refractivity contribution in [2.24, 2.45) is 0 Å². The third-order valence-electron chi connectivity index (χ3n) is 13.0. The molecule has 0 saturated heterocycles. The molecule has 0 saturated carbocycles. The molecule has 0 bridgehead atoms. The predicted octanol–water partition coefficient (Wildman–Crippen LogP) is 17.3. The molecule has 0 atom stereocenters. The van der Waals surface area contributed by atoms with Crippen LogP contribution in [0.1, 0.15) is 0 Å². The summed E-state index contributed by atoms with van der Waals surface area (Å²) in [7, 11) is 0. The van der Waals surface area contributed by atoms with Crippen LogP contribution in [0.25, 0.3) is 138 Å². The molecule has 0 N–H and O–H groups in total. The van der Waals surface area contributed by atoms with E-state index < -0.39 is 0 Å². The molecule has 0 nitrogen and oxygen atoms in total. The van der Waals surface area contributed by atoms with Gasteiger partial charge in [0, 0.05) is 40.3 Å². The van der Waals surface area contributed by atoms with Crippen molar-refractivity contribution >= 4 is 138 Å². The minimum absolute atomic E-state index is 1.25. The molecule has 0 amide bonds. The minimum Gasteiger partial charge on any atom is -0.135 e. The summed E-state index contributed by atoms with van der Waals surface area (Å²) in [6.45, 7) is 0. The molecule has 2 heterocycles. The maximum absolute atomic E-state index is 2.44. The van der Waals surface area contributed by atoms with Crippen molar-refractivity contribution in [3.05, 3.63) is 182 Å². The van der Waals surface area contributed by atoms with Gasteiger partial charge in [0.2, 0.25) is 0 Å². The van der Waals surface area contributed by atoms with E-state index in [1.54, 1.807) is 0 Å². The Morgan fingerprint density at radius 2 is 0.776 bits per heavy atom. The van der Waals surface area contributed by atoms with E-state index in [1.807, 2.05) is 22.7 Å². The van der Waals surface area contributed by atoms with E-state index in [2.05, 4.69) is 182 Å². The lowest BCUT2D eigenvalue weighted by atomic mass is 9.89. The SMILES string of the molecule is c1ccc2c(c1)ccc1c2sc2ccc3c4ccc(-c5ccc6sc7ccc(-c8ccc9ccc%10cccc%11ccc8c9c%10%11)cc7c6c5)cc4c4ccccc4c3c21. The molecule has 0 fully saturated rings. The second-order valence-corrected chi connectivity index (χ2v) is 18.1. The maximum atomic E-state index is 2.44. The number of thiophene rings is 2. The number of rotatable bonds is 2. The van der Waals surface area contributed by atoms with Gasteiger partial charge in [0.15, 0.2) is 0 Å². The van der Waals surface area contributed by atoms with Gasteiger partial charge in [-0.05, 0) is 134 Å². The Morgan fingerprint density at radius 1 is 0.241 bits per heavy atom. The molecular weight excluding hydrogens is 737 g/mol. The van der Waals surface area contributed by atoms with E-state index in [0.717, 1.165) is 0 Å². The van der Waals surface area contributed by atoms with Gasteiger partial charge < -0.3 is 0 Å². The second-order valence-electron chi connectivity index (χ2n) is 15.9. The summed E-state index contributed by atoms with van der Waals surface area (Å²) in [6, 6.07) is 68.9. The van der Waals surface area contributed by atoms with Crippen LogP contribution in [0.15, 0.2) is 182 Å². The molecule has 0 aliphatic heterocycles. The summed E-state index contributed by atoms with van der Waals surface area (Å²) in [5, 5.41) is 23.9. The van der Waals surface area contributed by atoms with E-state index >= 15 is 0 Å². The highest BCUT2D eigenvalue weighted by Crippen LogP contribution is 2.47. The van der Waals surface area contributed by atoms with Crippen molar-refractivity contribution in [1.29, 1.82) is 0 Å². The molecule has 266 valence electrons. The summed E-state index contributed by atoms with van der Waals surface area (Å²) in [5.74, 6) is 0. The Bertz CT molecular complexity index is 4050. The molecule has 12 aromatic carbocycles. The molecule has 0 aliphatic rings. The van der Waals surface area contributed by atoms with Crippen LogP contribution in [0.5, 0.6) is 0 Å². The topological polar surface area (TPSA) is 0 Å². The lowest BCUT2D eigenvalue weighted by molar-refractivity contribution is 1.71. The van der Waals surface area contributed by atoms with Crippen LogP contribution in [0, 0.1) is 0 Å². The largest absolute Gasteiger partial charge is 0.135 e. The van der Waals surface area contributed by atoms with E-state index in [-0.39, 0.29) is 0 Å². The Kier molecular flexibility index (Phi) is 6.14. The van der Waals surface area contributed by atoms with E-state index in [0.29, 0.717) is 0 Å². The highest BCUT2D eigenvalue weighted by Gasteiger charge is 2.18. The van der Waals surface area contributed by atoms with Gasteiger partial charge in [-0.15, -0.1) is 22.7 Å². The first-order valence-electron chi connectivity index (χ1n) is 20.0. The van der Waals surface area contributed by atoms with E-state index in [4.69, 9.17) is 0 Å². The first-order valence-corrected chi connectivity index (χ1v) is 21.6. The highest BCUT2D eigenvalue weighted by molar-refractivity contribution is 7.27. The van der Waals surface area contributed by atoms with Crippen LogP contribution in [0.3, 0.4) is 0 Å². The summed E-state index contributed by atoms with van der Waals surface area (Å²) in [5.41, 5.74) is 5.05. The number of benzene rings is 12. The van der Waals surface area contributed by atoms with E-state index in [9.17, 15) is 0 Å². The Hall–Kier alpha value is -6.84. The van der Waals surface area contributed by atoms with Gasteiger partial charge in [-0.25, -0.2) is 0 Å². The summed E-state index contributed by atoms with van der Waals surface area (Å²) in [4.78, 5) is 0. The zero-order valence-corrected chi connectivity index (χ0v) is 32.8. The fourth-order valence-electron chi connectivity index (χ4n) is 10.3. The average molecular weight is 767 g/mol. The third-order valence-corrected chi connectivity index (χ3v) is 15.3. The van der Waals surface area contributed by atoms with Gasteiger partial charge in [-0.3, -0.25) is 0 Å². The fourth-order valence-corrected chi connectivity index (χ4v) is 12.6. The summed E-state index contributed by atoms with van der Waals surface area (Å²) < 4.78 is 5.37. The number of hydrogen-bond donors (Lipinski definition) is 0. The lowest BCUT2D eigenvalue weighted by Gasteiger charge is -2.14. The van der Waals surface area contributed by atoms with Crippen LogP contribution in [-0.2, 0) is 0 Å². The Labute approximate surface area is 340 Å². The van der Waals surface area contributed by atoms with E-state index in [1.165, 1.54) is 138 Å². The molecule has 2 heteroatoms. The van der Waals surface area contributed by atoms with Crippen LogP contribution in [0.4, 0.5) is 0 Å². The smallest absolute Gasteiger partial charge is 0.0434 e. The zero-order chi connectivity index (χ0) is 37.6. The Balaban J connectivity index is 0.955. The quantitative estimate of drug-likeness (QED) is 0.154. The summed E-state index contributed by atoms with van der Waals surface area (Å²) in [6.07, 6.45) is 0. The molecule has 0 aliphatic carbocycles. The number of fused-ring (bicyclic) bond motifs is 15. The molecule has 2 aromatic heterocycles. The van der Waals surface area contributed by atoms with Crippen LogP contribution in [0.2, 0.25) is 0 Å². The van der Waals surface area contributed by atoms with Crippen molar-refractivity contribution in [3.8, 4) is 22.3 Å². The van der Waals surface area contributed by atoms with Crippen LogP contribution >= 0.6 is 22.7 Å². The van der Waals surface area contributed by atoms with Crippen LogP contribution < -0.4 is 0 Å². The average Bonchev–Trinajstić information content (AvgIpc) is 3.86. The highest BCUT2D eigenvalue weighted by atomic mass is 32.1. The number of hydrogen-bond acceptors (Lipinski definition) is 2. The minimum atomic E-state index is 1.25. The third kappa shape index (κ3) is 4.18. The van der Waals surface area contributed by atoms with Crippen molar-refractivity contribution < 1.29 is 0 Å². The molecular formula is C56H30S2. The predicted molar refractivity (Wildman–Crippen MR) is 257 cm³/mol. The normalized spacial score (nSPS) is 12.5. The standard InChI is InChI=1S/C56H30S2/c1-2-9-39-31(6-1)14-23-45-55-51(58-56(39)45)27-24-44-41-21-17-35(28-46(41)40-10-3-4-11-42(40)54(44)55)36-18-25-49-47(29-36)48-30-37(19-26-50(48)57-49)38-20-15-34-13-12-32-7-5-8-33-16-22-43(38)53(34)52(32)33/h1-30H. The van der Waals surface area contributed by atoms with Gasteiger partial charge in [0.1, 0.15) is 0 Å². The van der Waals surface area contributed by atoms with Gasteiger partial charge >= 0.3 is 0 Å². The van der Waals surface area contributed by atoms with Gasteiger partial charge in [-0.1, -0.05) is 146 Å². The Morgan fingerprint density at radius 3 is 1.62 bits per heavy atom. The first kappa shape index (κ1) is 31.3. The van der Waals surface area contributed by atoms with Crippen molar-refractivity contribution in [2.45, 2.75) is 0 Å². The van der Waals surface area contributed by atoms with Gasteiger partial charge in [-0.2, -0.15) is 0 Å². The van der Waals surface area contributed by atoms with Crippen molar-refractivity contribution in [1.82, 2.24) is 0 Å².